The van der Waals surface area contributed by atoms with Crippen molar-refractivity contribution in [2.75, 3.05) is 18.9 Å². The van der Waals surface area contributed by atoms with Crippen LogP contribution in [0.25, 0.3) is 0 Å². The molecule has 0 aliphatic carbocycles. The first-order valence-electron chi connectivity index (χ1n) is 8.06. The minimum atomic E-state index is -3.00. The highest BCUT2D eigenvalue weighted by Gasteiger charge is 2.18. The molecule has 0 bridgehead atoms. The summed E-state index contributed by atoms with van der Waals surface area (Å²) in [6.45, 7) is -1.24. The van der Waals surface area contributed by atoms with Crippen LogP contribution in [0, 0.1) is 10.1 Å². The molecule has 2 aromatic rings. The number of anilines is 1. The van der Waals surface area contributed by atoms with Gasteiger partial charge in [0.1, 0.15) is 5.75 Å². The number of hydrogen-bond donors (Lipinski definition) is 1. The molecular weight excluding hydrogens is 360 g/mol. The molecule has 0 unspecified atom stereocenters. The molecule has 0 aliphatic rings. The van der Waals surface area contributed by atoms with Gasteiger partial charge in [-0.25, -0.2) is 0 Å². The number of alkyl halides is 2. The first kappa shape index (κ1) is 20.2. The number of carbonyl (C=O) groups is 1. The number of amides is 1. The number of hydrogen-bond acceptors (Lipinski definition) is 5. The lowest BCUT2D eigenvalue weighted by Crippen LogP contribution is -2.32. The normalized spacial score (nSPS) is 12.1. The number of nitro groups is 1. The second-order valence-electron chi connectivity index (χ2n) is 5.87. The van der Waals surface area contributed by atoms with E-state index in [1.807, 2.05) is 0 Å². The molecule has 2 rings (SSSR count). The third kappa shape index (κ3) is 5.71. The fourth-order valence-corrected chi connectivity index (χ4v) is 2.47. The maximum Gasteiger partial charge on any atom is 0.387 e. The number of rotatable bonds is 8. The van der Waals surface area contributed by atoms with Crippen molar-refractivity contribution in [3.05, 3.63) is 64.2 Å². The summed E-state index contributed by atoms with van der Waals surface area (Å²) in [5.41, 5.74) is 0.787. The fourth-order valence-electron chi connectivity index (χ4n) is 2.47. The number of nitrogens with one attached hydrogen (secondary N) is 1. The number of halogens is 2. The topological polar surface area (TPSA) is 84.7 Å². The lowest BCUT2D eigenvalue weighted by Gasteiger charge is -2.24. The third-order valence-electron chi connectivity index (χ3n) is 3.99. The number of nitro benzene ring substituents is 1. The summed E-state index contributed by atoms with van der Waals surface area (Å²) in [4.78, 5) is 24.4. The van der Waals surface area contributed by atoms with Gasteiger partial charge in [-0.1, -0.05) is 24.3 Å². The van der Waals surface area contributed by atoms with Crippen molar-refractivity contribution >= 4 is 17.3 Å². The van der Waals surface area contributed by atoms with Crippen LogP contribution in [-0.4, -0.2) is 35.9 Å². The van der Waals surface area contributed by atoms with Crippen molar-refractivity contribution in [2.24, 2.45) is 0 Å². The van der Waals surface area contributed by atoms with Crippen LogP contribution in [0.1, 0.15) is 18.5 Å². The molecule has 1 amide bonds. The molecule has 7 nitrogen and oxygen atoms in total. The van der Waals surface area contributed by atoms with E-state index in [2.05, 4.69) is 10.1 Å². The molecule has 144 valence electrons. The highest BCUT2D eigenvalue weighted by Crippen LogP contribution is 2.26. The molecule has 0 fully saturated rings. The van der Waals surface area contributed by atoms with Gasteiger partial charge in [0.25, 0.3) is 5.69 Å². The smallest absolute Gasteiger partial charge is 0.387 e. The Morgan fingerprint density at radius 1 is 1.26 bits per heavy atom. The van der Waals surface area contributed by atoms with Crippen molar-refractivity contribution in [3.8, 4) is 5.75 Å². The van der Waals surface area contributed by atoms with Crippen LogP contribution in [0.15, 0.2) is 48.5 Å². The van der Waals surface area contributed by atoms with Crippen LogP contribution in [0.5, 0.6) is 5.75 Å². The maximum absolute atomic E-state index is 12.4. The molecule has 0 saturated carbocycles. The zero-order valence-corrected chi connectivity index (χ0v) is 14.8. The average molecular weight is 379 g/mol. The van der Waals surface area contributed by atoms with Gasteiger partial charge < -0.3 is 10.1 Å². The lowest BCUT2D eigenvalue weighted by atomic mass is 10.1. The van der Waals surface area contributed by atoms with Crippen LogP contribution in [0.4, 0.5) is 20.2 Å². The van der Waals surface area contributed by atoms with E-state index in [4.69, 9.17) is 0 Å². The van der Waals surface area contributed by atoms with Crippen molar-refractivity contribution in [3.63, 3.8) is 0 Å². The van der Waals surface area contributed by atoms with E-state index >= 15 is 0 Å². The average Bonchev–Trinajstić information content (AvgIpc) is 2.62. The number of benzene rings is 2. The van der Waals surface area contributed by atoms with Crippen LogP contribution < -0.4 is 10.1 Å². The molecule has 0 radical (unpaired) electrons. The van der Waals surface area contributed by atoms with E-state index in [1.54, 1.807) is 37.1 Å². The number of ether oxygens (including phenoxy) is 1. The molecular formula is C18H19F2N3O4. The Bertz CT molecular complexity index is 817. The monoisotopic (exact) mass is 379 g/mol. The Kier molecular flexibility index (Phi) is 6.78. The standard InChI is InChI=1S/C18H19F2N3O4/c1-12(13-6-5-7-14(10-13)23(25)26)22(2)11-17(24)21-15-8-3-4-9-16(15)27-18(19)20/h3-10,12,18H,11H2,1-2H3,(H,21,24)/t12-/m1/s1. The summed E-state index contributed by atoms with van der Waals surface area (Å²) in [6, 6.07) is 11.8. The zero-order chi connectivity index (χ0) is 20.0. The van der Waals surface area contributed by atoms with E-state index < -0.39 is 17.4 Å². The summed E-state index contributed by atoms with van der Waals surface area (Å²) >= 11 is 0. The fraction of sp³-hybridized carbons (Fsp3) is 0.278. The predicted molar refractivity (Wildman–Crippen MR) is 95.8 cm³/mol. The highest BCUT2D eigenvalue weighted by atomic mass is 19.3. The van der Waals surface area contributed by atoms with Crippen LogP contribution in [-0.2, 0) is 4.79 Å². The molecule has 0 aromatic heterocycles. The van der Waals surface area contributed by atoms with Gasteiger partial charge in [-0.05, 0) is 31.7 Å². The number of non-ortho nitro benzene ring substituents is 1. The number of carbonyl (C=O) groups excluding carboxylic acids is 1. The second-order valence-corrected chi connectivity index (χ2v) is 5.87. The summed E-state index contributed by atoms with van der Waals surface area (Å²) in [7, 11) is 1.69. The molecule has 0 saturated heterocycles. The van der Waals surface area contributed by atoms with Crippen LogP contribution in [0.2, 0.25) is 0 Å². The molecule has 27 heavy (non-hydrogen) atoms. The quantitative estimate of drug-likeness (QED) is 0.557. The van der Waals surface area contributed by atoms with Crippen molar-refractivity contribution < 1.29 is 23.2 Å². The molecule has 9 heteroatoms. The Morgan fingerprint density at radius 3 is 2.63 bits per heavy atom. The minimum Gasteiger partial charge on any atom is -0.433 e. The van der Waals surface area contributed by atoms with Crippen molar-refractivity contribution in [2.45, 2.75) is 19.6 Å². The summed E-state index contributed by atoms with van der Waals surface area (Å²) in [6.07, 6.45) is 0. The SMILES string of the molecule is C[C@H](c1cccc([N+](=O)[O-])c1)N(C)CC(=O)Nc1ccccc1OC(F)F. The van der Waals surface area contributed by atoms with E-state index in [-0.39, 0.29) is 29.7 Å². The summed E-state index contributed by atoms with van der Waals surface area (Å²) in [5, 5.41) is 13.4. The minimum absolute atomic E-state index is 0.0322. The van der Waals surface area contributed by atoms with Gasteiger partial charge in [-0.3, -0.25) is 19.8 Å². The molecule has 0 heterocycles. The van der Waals surface area contributed by atoms with Gasteiger partial charge in [-0.15, -0.1) is 0 Å². The van der Waals surface area contributed by atoms with Gasteiger partial charge >= 0.3 is 6.61 Å². The van der Waals surface area contributed by atoms with Gasteiger partial charge in [0.05, 0.1) is 17.2 Å². The Labute approximate surface area is 154 Å². The van der Waals surface area contributed by atoms with E-state index in [0.29, 0.717) is 5.56 Å². The predicted octanol–water partition coefficient (Wildman–Crippen LogP) is 3.83. The Morgan fingerprint density at radius 2 is 1.96 bits per heavy atom. The Balaban J connectivity index is 2.03. The van der Waals surface area contributed by atoms with Crippen LogP contribution >= 0.6 is 0 Å². The van der Waals surface area contributed by atoms with Crippen LogP contribution in [0.3, 0.4) is 0 Å². The molecule has 0 aliphatic heterocycles. The van der Waals surface area contributed by atoms with Crippen molar-refractivity contribution in [1.29, 1.82) is 0 Å². The van der Waals surface area contributed by atoms with Gasteiger partial charge in [0.2, 0.25) is 5.91 Å². The molecule has 0 spiro atoms. The highest BCUT2D eigenvalue weighted by molar-refractivity contribution is 5.93. The zero-order valence-electron chi connectivity index (χ0n) is 14.8. The molecule has 2 aromatic carbocycles. The van der Waals surface area contributed by atoms with E-state index in [0.717, 1.165) is 0 Å². The summed E-state index contributed by atoms with van der Waals surface area (Å²) in [5.74, 6) is -0.560. The van der Waals surface area contributed by atoms with Crippen molar-refractivity contribution in [1.82, 2.24) is 4.90 Å². The number of likely N-dealkylation sites (N-methyl/N-ethyl adjacent to an activating group) is 1. The van der Waals surface area contributed by atoms with Gasteiger partial charge in [0.15, 0.2) is 0 Å². The molecule has 1 atom stereocenters. The largest absolute Gasteiger partial charge is 0.433 e. The lowest BCUT2D eigenvalue weighted by molar-refractivity contribution is -0.384. The number of para-hydroxylation sites is 2. The van der Waals surface area contributed by atoms with E-state index in [1.165, 1.54) is 30.3 Å². The first-order chi connectivity index (χ1) is 12.8. The van der Waals surface area contributed by atoms with E-state index in [9.17, 15) is 23.7 Å². The summed E-state index contributed by atoms with van der Waals surface area (Å²) < 4.78 is 29.3. The maximum atomic E-state index is 12.4. The first-order valence-corrected chi connectivity index (χ1v) is 8.06. The number of nitrogens with zero attached hydrogens (tertiary/aromatic N) is 2. The Hall–Kier alpha value is -3.07. The van der Waals surface area contributed by atoms with Gasteiger partial charge in [-0.2, -0.15) is 8.78 Å². The third-order valence-corrected chi connectivity index (χ3v) is 3.99. The molecule has 1 N–H and O–H groups in total. The second kappa shape index (κ2) is 9.04. The van der Waals surface area contributed by atoms with Gasteiger partial charge in [0, 0.05) is 18.2 Å².